The SMILES string of the molecule is NCC1(C(O)c2c(F)cccc2Cl)CCCC1. The topological polar surface area (TPSA) is 46.2 Å². The summed E-state index contributed by atoms with van der Waals surface area (Å²) in [4.78, 5) is 0. The molecule has 1 fully saturated rings. The van der Waals surface area contributed by atoms with Gasteiger partial charge in [-0.25, -0.2) is 4.39 Å². The van der Waals surface area contributed by atoms with Gasteiger partial charge in [0.15, 0.2) is 0 Å². The first-order chi connectivity index (χ1) is 8.10. The molecule has 2 nitrogen and oxygen atoms in total. The van der Waals surface area contributed by atoms with Crippen LogP contribution in [0.3, 0.4) is 0 Å². The number of hydrogen-bond donors (Lipinski definition) is 2. The Morgan fingerprint density at radius 1 is 1.41 bits per heavy atom. The molecular weight excluding hydrogens is 241 g/mol. The summed E-state index contributed by atoms with van der Waals surface area (Å²) in [6.07, 6.45) is 2.80. The molecule has 1 aliphatic rings. The smallest absolute Gasteiger partial charge is 0.130 e. The molecule has 0 aromatic heterocycles. The van der Waals surface area contributed by atoms with Gasteiger partial charge in [-0.2, -0.15) is 0 Å². The minimum Gasteiger partial charge on any atom is -0.388 e. The van der Waals surface area contributed by atoms with Crippen molar-refractivity contribution in [2.75, 3.05) is 6.54 Å². The van der Waals surface area contributed by atoms with Crippen molar-refractivity contribution >= 4 is 11.6 Å². The summed E-state index contributed by atoms with van der Waals surface area (Å²) in [5, 5.41) is 10.7. The Bertz CT molecular complexity index is 384. The molecule has 0 saturated heterocycles. The lowest BCUT2D eigenvalue weighted by Gasteiger charge is -2.33. The average Bonchev–Trinajstić information content (AvgIpc) is 2.78. The number of rotatable bonds is 3. The van der Waals surface area contributed by atoms with Gasteiger partial charge in [0, 0.05) is 22.5 Å². The van der Waals surface area contributed by atoms with E-state index in [0.29, 0.717) is 6.54 Å². The molecule has 1 aromatic rings. The first-order valence-corrected chi connectivity index (χ1v) is 6.30. The van der Waals surface area contributed by atoms with E-state index in [1.165, 1.54) is 12.1 Å². The summed E-state index contributed by atoms with van der Waals surface area (Å²) in [5.74, 6) is -0.454. The van der Waals surface area contributed by atoms with Gasteiger partial charge in [0.1, 0.15) is 5.82 Å². The first kappa shape index (κ1) is 12.8. The van der Waals surface area contributed by atoms with E-state index in [4.69, 9.17) is 17.3 Å². The Morgan fingerprint density at radius 2 is 2.06 bits per heavy atom. The van der Waals surface area contributed by atoms with Gasteiger partial charge in [0.2, 0.25) is 0 Å². The van der Waals surface area contributed by atoms with Gasteiger partial charge in [-0.05, 0) is 25.0 Å². The Kier molecular flexibility index (Phi) is 3.71. The van der Waals surface area contributed by atoms with Crippen LogP contribution in [0.5, 0.6) is 0 Å². The Hall–Kier alpha value is -0.640. The molecule has 2 rings (SSSR count). The van der Waals surface area contributed by atoms with Crippen LogP contribution in [0.25, 0.3) is 0 Å². The molecule has 1 atom stereocenters. The highest BCUT2D eigenvalue weighted by atomic mass is 35.5. The zero-order valence-corrected chi connectivity index (χ0v) is 10.4. The summed E-state index contributed by atoms with van der Waals surface area (Å²) >= 11 is 5.98. The second kappa shape index (κ2) is 4.92. The lowest BCUT2D eigenvalue weighted by atomic mass is 9.77. The fourth-order valence-corrected chi connectivity index (χ4v) is 3.01. The molecule has 17 heavy (non-hydrogen) atoms. The maximum absolute atomic E-state index is 13.8. The van der Waals surface area contributed by atoms with Crippen molar-refractivity contribution in [3.8, 4) is 0 Å². The number of aliphatic hydroxyl groups is 1. The van der Waals surface area contributed by atoms with Crippen molar-refractivity contribution in [1.29, 1.82) is 0 Å². The summed E-state index contributed by atoms with van der Waals surface area (Å²) in [6.45, 7) is 0.360. The van der Waals surface area contributed by atoms with E-state index in [-0.39, 0.29) is 10.6 Å². The molecule has 1 saturated carbocycles. The maximum Gasteiger partial charge on any atom is 0.130 e. The second-order valence-corrected chi connectivity index (χ2v) is 5.22. The van der Waals surface area contributed by atoms with E-state index in [0.717, 1.165) is 25.7 Å². The van der Waals surface area contributed by atoms with Gasteiger partial charge in [-0.15, -0.1) is 0 Å². The first-order valence-electron chi connectivity index (χ1n) is 5.93. The summed E-state index contributed by atoms with van der Waals surface area (Å²) < 4.78 is 13.8. The van der Waals surface area contributed by atoms with Crippen LogP contribution in [0.2, 0.25) is 5.02 Å². The molecule has 0 spiro atoms. The minimum atomic E-state index is -0.913. The summed E-state index contributed by atoms with van der Waals surface area (Å²) in [7, 11) is 0. The van der Waals surface area contributed by atoms with E-state index in [1.807, 2.05) is 0 Å². The quantitative estimate of drug-likeness (QED) is 0.874. The van der Waals surface area contributed by atoms with Crippen LogP contribution in [0.1, 0.15) is 37.4 Å². The lowest BCUT2D eigenvalue weighted by Crippen LogP contribution is -2.34. The molecule has 1 aliphatic carbocycles. The Labute approximate surface area is 106 Å². The summed E-state index contributed by atoms with van der Waals surface area (Å²) in [5.41, 5.74) is 5.57. The average molecular weight is 258 g/mol. The van der Waals surface area contributed by atoms with Crippen LogP contribution < -0.4 is 5.73 Å². The highest BCUT2D eigenvalue weighted by Gasteiger charge is 2.41. The van der Waals surface area contributed by atoms with Gasteiger partial charge in [-0.3, -0.25) is 0 Å². The normalized spacial score (nSPS) is 20.5. The van der Waals surface area contributed by atoms with Gasteiger partial charge in [-0.1, -0.05) is 30.5 Å². The number of hydrogen-bond acceptors (Lipinski definition) is 2. The fraction of sp³-hybridized carbons (Fsp3) is 0.538. The van der Waals surface area contributed by atoms with E-state index < -0.39 is 17.3 Å². The van der Waals surface area contributed by atoms with Crippen LogP contribution >= 0.6 is 11.6 Å². The Morgan fingerprint density at radius 3 is 2.59 bits per heavy atom. The molecule has 1 unspecified atom stereocenters. The highest BCUT2D eigenvalue weighted by Crippen LogP contribution is 2.48. The van der Waals surface area contributed by atoms with Crippen molar-refractivity contribution in [3.05, 3.63) is 34.6 Å². The van der Waals surface area contributed by atoms with Crippen LogP contribution in [0, 0.1) is 11.2 Å². The van der Waals surface area contributed by atoms with Crippen molar-refractivity contribution in [1.82, 2.24) is 0 Å². The monoisotopic (exact) mass is 257 g/mol. The molecule has 4 heteroatoms. The number of aliphatic hydroxyl groups excluding tert-OH is 1. The van der Waals surface area contributed by atoms with Gasteiger partial charge < -0.3 is 10.8 Å². The molecule has 0 heterocycles. The standard InChI is InChI=1S/C13H17ClFNO/c14-9-4-3-5-10(15)11(9)12(17)13(8-16)6-1-2-7-13/h3-5,12,17H,1-2,6-8,16H2. The van der Waals surface area contributed by atoms with E-state index >= 15 is 0 Å². The van der Waals surface area contributed by atoms with Gasteiger partial charge in [0.25, 0.3) is 0 Å². The zero-order chi connectivity index (χ0) is 12.5. The van der Waals surface area contributed by atoms with Gasteiger partial charge in [0.05, 0.1) is 6.10 Å². The van der Waals surface area contributed by atoms with Crippen molar-refractivity contribution in [2.45, 2.75) is 31.8 Å². The third kappa shape index (κ3) is 2.19. The minimum absolute atomic E-state index is 0.196. The van der Waals surface area contributed by atoms with E-state index in [1.54, 1.807) is 6.07 Å². The molecule has 0 radical (unpaired) electrons. The second-order valence-electron chi connectivity index (χ2n) is 4.81. The summed E-state index contributed by atoms with van der Waals surface area (Å²) in [6, 6.07) is 4.46. The molecule has 94 valence electrons. The van der Waals surface area contributed by atoms with Crippen LogP contribution in [0.15, 0.2) is 18.2 Å². The van der Waals surface area contributed by atoms with E-state index in [2.05, 4.69) is 0 Å². The number of halogens is 2. The largest absolute Gasteiger partial charge is 0.388 e. The predicted octanol–water partition coefficient (Wildman–Crippen LogP) is 3.03. The number of benzene rings is 1. The van der Waals surface area contributed by atoms with Crippen molar-refractivity contribution in [2.24, 2.45) is 11.1 Å². The van der Waals surface area contributed by atoms with E-state index in [9.17, 15) is 9.50 Å². The highest BCUT2D eigenvalue weighted by molar-refractivity contribution is 6.31. The van der Waals surface area contributed by atoms with Crippen LogP contribution in [0.4, 0.5) is 4.39 Å². The van der Waals surface area contributed by atoms with Crippen LogP contribution in [-0.2, 0) is 0 Å². The molecule has 0 bridgehead atoms. The third-order valence-electron chi connectivity index (χ3n) is 3.86. The van der Waals surface area contributed by atoms with Gasteiger partial charge >= 0.3 is 0 Å². The molecular formula is C13H17ClFNO. The fourth-order valence-electron chi connectivity index (χ4n) is 2.75. The van der Waals surface area contributed by atoms with Crippen molar-refractivity contribution in [3.63, 3.8) is 0 Å². The zero-order valence-electron chi connectivity index (χ0n) is 9.63. The maximum atomic E-state index is 13.8. The molecule has 0 amide bonds. The predicted molar refractivity (Wildman–Crippen MR) is 66.3 cm³/mol. The number of nitrogens with two attached hydrogens (primary N) is 1. The van der Waals surface area contributed by atoms with Crippen LogP contribution in [-0.4, -0.2) is 11.7 Å². The molecule has 3 N–H and O–H groups in total. The molecule has 0 aliphatic heterocycles. The third-order valence-corrected chi connectivity index (χ3v) is 4.19. The van der Waals surface area contributed by atoms with Crippen molar-refractivity contribution < 1.29 is 9.50 Å². The molecule has 1 aromatic carbocycles. The lowest BCUT2D eigenvalue weighted by molar-refractivity contribution is 0.0307. The Balaban J connectivity index is 2.39.